The van der Waals surface area contributed by atoms with Crippen molar-refractivity contribution in [3.05, 3.63) is 59.7 Å². The van der Waals surface area contributed by atoms with E-state index in [2.05, 4.69) is 0 Å². The Kier molecular flexibility index (Phi) is 7.73. The fourth-order valence-electron chi connectivity index (χ4n) is 1.54. The molecule has 20 heavy (non-hydrogen) atoms. The molecule has 0 aromatic heterocycles. The minimum Gasteiger partial charge on any atom is -0.462 e. The van der Waals surface area contributed by atoms with Crippen LogP contribution in [0.25, 0.3) is 0 Å². The SMILES string of the molecule is C/C(=C\C=C\CCC=O)CCOC(=O)c1ccccc1. The van der Waals surface area contributed by atoms with E-state index in [4.69, 9.17) is 4.74 Å². The summed E-state index contributed by atoms with van der Waals surface area (Å²) < 4.78 is 5.19. The third kappa shape index (κ3) is 6.69. The van der Waals surface area contributed by atoms with Crippen LogP contribution in [-0.4, -0.2) is 18.9 Å². The number of hydrogen-bond donors (Lipinski definition) is 0. The third-order valence-corrected chi connectivity index (χ3v) is 2.71. The number of carbonyl (C=O) groups is 2. The molecule has 106 valence electrons. The van der Waals surface area contributed by atoms with Gasteiger partial charge in [-0.05, 0) is 25.5 Å². The van der Waals surface area contributed by atoms with E-state index in [9.17, 15) is 9.59 Å². The van der Waals surface area contributed by atoms with Gasteiger partial charge in [0.1, 0.15) is 6.29 Å². The number of esters is 1. The number of benzene rings is 1. The van der Waals surface area contributed by atoms with Crippen molar-refractivity contribution in [1.29, 1.82) is 0 Å². The molecular formula is C17H20O3. The highest BCUT2D eigenvalue weighted by molar-refractivity contribution is 5.89. The maximum absolute atomic E-state index is 11.7. The van der Waals surface area contributed by atoms with E-state index in [1.54, 1.807) is 12.1 Å². The quantitative estimate of drug-likeness (QED) is 0.313. The molecule has 1 rings (SSSR count). The third-order valence-electron chi connectivity index (χ3n) is 2.71. The van der Waals surface area contributed by atoms with Crippen LogP contribution < -0.4 is 0 Å². The Labute approximate surface area is 120 Å². The maximum atomic E-state index is 11.7. The molecule has 0 unspecified atom stereocenters. The zero-order valence-corrected chi connectivity index (χ0v) is 11.7. The van der Waals surface area contributed by atoms with E-state index >= 15 is 0 Å². The Balaban J connectivity index is 2.26. The molecule has 0 spiro atoms. The highest BCUT2D eigenvalue weighted by Gasteiger charge is 2.04. The Morgan fingerprint density at radius 3 is 2.65 bits per heavy atom. The van der Waals surface area contributed by atoms with E-state index in [0.29, 0.717) is 25.0 Å². The molecule has 1 aromatic carbocycles. The summed E-state index contributed by atoms with van der Waals surface area (Å²) >= 11 is 0. The molecule has 0 amide bonds. The van der Waals surface area contributed by atoms with Gasteiger partial charge in [0.15, 0.2) is 0 Å². The zero-order chi connectivity index (χ0) is 14.6. The van der Waals surface area contributed by atoms with Gasteiger partial charge in [-0.3, -0.25) is 0 Å². The van der Waals surface area contributed by atoms with Crippen molar-refractivity contribution in [2.24, 2.45) is 0 Å². The number of allylic oxidation sites excluding steroid dienone is 3. The zero-order valence-electron chi connectivity index (χ0n) is 11.7. The van der Waals surface area contributed by atoms with Gasteiger partial charge in [-0.25, -0.2) is 4.79 Å². The van der Waals surface area contributed by atoms with Gasteiger partial charge in [-0.15, -0.1) is 0 Å². The topological polar surface area (TPSA) is 43.4 Å². The lowest BCUT2D eigenvalue weighted by Gasteiger charge is -2.04. The lowest BCUT2D eigenvalue weighted by atomic mass is 10.2. The number of unbranched alkanes of at least 4 members (excludes halogenated alkanes) is 1. The van der Waals surface area contributed by atoms with E-state index < -0.39 is 0 Å². The summed E-state index contributed by atoms with van der Waals surface area (Å²) in [5.41, 5.74) is 1.70. The summed E-state index contributed by atoms with van der Waals surface area (Å²) in [7, 11) is 0. The smallest absolute Gasteiger partial charge is 0.338 e. The highest BCUT2D eigenvalue weighted by Crippen LogP contribution is 2.05. The molecule has 0 bridgehead atoms. The molecule has 0 aliphatic heterocycles. The van der Waals surface area contributed by atoms with Crippen LogP contribution in [0.4, 0.5) is 0 Å². The first-order valence-corrected chi connectivity index (χ1v) is 6.72. The number of ether oxygens (including phenoxy) is 1. The van der Waals surface area contributed by atoms with Gasteiger partial charge in [0.25, 0.3) is 0 Å². The maximum Gasteiger partial charge on any atom is 0.338 e. The van der Waals surface area contributed by atoms with Crippen LogP contribution in [-0.2, 0) is 9.53 Å². The van der Waals surface area contributed by atoms with Crippen LogP contribution >= 0.6 is 0 Å². The molecule has 0 saturated heterocycles. The van der Waals surface area contributed by atoms with E-state index in [-0.39, 0.29) is 5.97 Å². The van der Waals surface area contributed by atoms with Gasteiger partial charge < -0.3 is 9.53 Å². The average molecular weight is 272 g/mol. The second-order valence-corrected chi connectivity index (χ2v) is 4.44. The van der Waals surface area contributed by atoms with Gasteiger partial charge >= 0.3 is 5.97 Å². The molecular weight excluding hydrogens is 252 g/mol. The second kappa shape index (κ2) is 9.73. The molecule has 3 nitrogen and oxygen atoms in total. The first-order valence-electron chi connectivity index (χ1n) is 6.72. The normalized spacial score (nSPS) is 11.6. The molecule has 0 fully saturated rings. The Morgan fingerprint density at radius 1 is 1.20 bits per heavy atom. The molecule has 0 N–H and O–H groups in total. The van der Waals surface area contributed by atoms with Crippen molar-refractivity contribution < 1.29 is 14.3 Å². The Hall–Kier alpha value is -2.16. The minimum atomic E-state index is -0.292. The summed E-state index contributed by atoms with van der Waals surface area (Å²) in [6.07, 6.45) is 8.78. The Morgan fingerprint density at radius 2 is 1.95 bits per heavy atom. The lowest BCUT2D eigenvalue weighted by molar-refractivity contribution is -0.107. The predicted molar refractivity (Wildman–Crippen MR) is 79.5 cm³/mol. The van der Waals surface area contributed by atoms with Crippen LogP contribution in [0.2, 0.25) is 0 Å². The Bertz CT molecular complexity index is 472. The fourth-order valence-corrected chi connectivity index (χ4v) is 1.54. The van der Waals surface area contributed by atoms with Crippen LogP contribution in [0, 0.1) is 0 Å². The molecule has 0 aliphatic rings. The van der Waals surface area contributed by atoms with Crippen molar-refractivity contribution >= 4 is 12.3 Å². The van der Waals surface area contributed by atoms with Crippen molar-refractivity contribution in [2.45, 2.75) is 26.2 Å². The van der Waals surface area contributed by atoms with Crippen LogP contribution in [0.1, 0.15) is 36.5 Å². The number of rotatable bonds is 8. The molecule has 3 heteroatoms. The lowest BCUT2D eigenvalue weighted by Crippen LogP contribution is -2.06. The van der Waals surface area contributed by atoms with E-state index in [1.165, 1.54) is 0 Å². The van der Waals surface area contributed by atoms with Gasteiger partial charge in [-0.2, -0.15) is 0 Å². The van der Waals surface area contributed by atoms with E-state index in [1.807, 2.05) is 43.4 Å². The van der Waals surface area contributed by atoms with Crippen LogP contribution in [0.15, 0.2) is 54.1 Å². The summed E-state index contributed by atoms with van der Waals surface area (Å²) in [5, 5.41) is 0. The monoisotopic (exact) mass is 272 g/mol. The summed E-state index contributed by atoms with van der Waals surface area (Å²) in [4.78, 5) is 21.8. The van der Waals surface area contributed by atoms with Gasteiger partial charge in [-0.1, -0.05) is 42.0 Å². The summed E-state index contributed by atoms with van der Waals surface area (Å²) in [5.74, 6) is -0.292. The average Bonchev–Trinajstić information content (AvgIpc) is 2.48. The largest absolute Gasteiger partial charge is 0.462 e. The standard InChI is InChI=1S/C17H20O3/c1-15(9-5-2-3-8-13-18)12-14-20-17(19)16-10-6-4-7-11-16/h2,4-7,9-11,13H,3,8,12,14H2,1H3/b5-2+,15-9+. The summed E-state index contributed by atoms with van der Waals surface area (Å²) in [6, 6.07) is 8.96. The number of hydrogen-bond acceptors (Lipinski definition) is 3. The molecule has 1 aromatic rings. The van der Waals surface area contributed by atoms with Gasteiger partial charge in [0.2, 0.25) is 0 Å². The van der Waals surface area contributed by atoms with Crippen molar-refractivity contribution in [3.63, 3.8) is 0 Å². The van der Waals surface area contributed by atoms with Crippen LogP contribution in [0.5, 0.6) is 0 Å². The van der Waals surface area contributed by atoms with Crippen LogP contribution in [0.3, 0.4) is 0 Å². The highest BCUT2D eigenvalue weighted by atomic mass is 16.5. The molecule has 0 atom stereocenters. The fraction of sp³-hybridized carbons (Fsp3) is 0.294. The van der Waals surface area contributed by atoms with E-state index in [0.717, 1.165) is 18.3 Å². The molecule has 0 heterocycles. The van der Waals surface area contributed by atoms with Crippen molar-refractivity contribution in [2.75, 3.05) is 6.61 Å². The molecule has 0 radical (unpaired) electrons. The van der Waals surface area contributed by atoms with Crippen molar-refractivity contribution in [3.8, 4) is 0 Å². The van der Waals surface area contributed by atoms with Crippen molar-refractivity contribution in [1.82, 2.24) is 0 Å². The summed E-state index contributed by atoms with van der Waals surface area (Å²) in [6.45, 7) is 2.36. The molecule has 0 aliphatic carbocycles. The minimum absolute atomic E-state index is 0.292. The predicted octanol–water partition coefficient (Wildman–Crippen LogP) is 3.72. The second-order valence-electron chi connectivity index (χ2n) is 4.44. The van der Waals surface area contributed by atoms with Gasteiger partial charge in [0, 0.05) is 12.8 Å². The number of aldehydes is 1. The first-order chi connectivity index (χ1) is 9.74. The first kappa shape index (κ1) is 15.9. The van der Waals surface area contributed by atoms with Gasteiger partial charge in [0.05, 0.1) is 12.2 Å². The number of carbonyl (C=O) groups excluding carboxylic acids is 2. The molecule has 0 saturated carbocycles.